The van der Waals surface area contributed by atoms with Crippen molar-refractivity contribution in [1.29, 1.82) is 0 Å². The summed E-state index contributed by atoms with van der Waals surface area (Å²) in [5, 5.41) is 38.9. The molecule has 0 radical (unpaired) electrons. The lowest BCUT2D eigenvalue weighted by Gasteiger charge is -2.39. The molecular weight excluding hydrogens is 408 g/mol. The number of aliphatic hydroxyl groups excluding tert-OH is 4. The van der Waals surface area contributed by atoms with E-state index in [1.165, 1.54) is 51.4 Å². The van der Waals surface area contributed by atoms with Crippen LogP contribution in [0.25, 0.3) is 0 Å². The summed E-state index contributed by atoms with van der Waals surface area (Å²) < 4.78 is 11.0. The Morgan fingerprint density at radius 1 is 0.656 bits per heavy atom. The van der Waals surface area contributed by atoms with E-state index in [1.807, 2.05) is 0 Å². The van der Waals surface area contributed by atoms with E-state index in [2.05, 4.69) is 34.6 Å². The molecule has 8 atom stereocenters. The van der Waals surface area contributed by atoms with E-state index in [0.29, 0.717) is 12.5 Å². The van der Waals surface area contributed by atoms with Crippen LogP contribution in [0.4, 0.5) is 0 Å². The molecule has 32 heavy (non-hydrogen) atoms. The number of aliphatic hydroxyl groups is 4. The molecule has 0 spiro atoms. The van der Waals surface area contributed by atoms with Gasteiger partial charge >= 0.3 is 0 Å². The van der Waals surface area contributed by atoms with Crippen molar-refractivity contribution < 1.29 is 29.9 Å². The van der Waals surface area contributed by atoms with Crippen molar-refractivity contribution >= 4 is 0 Å². The largest absolute Gasteiger partial charge is 0.394 e. The summed E-state index contributed by atoms with van der Waals surface area (Å²) in [4.78, 5) is 0. The SMILES string of the molecule is CC(C)CCCC(C)CCCC(C)CCCC(C)CCO[C@H]1O[C@H](CO)[C@@H](O)[C@H](O)[C@H]1O. The van der Waals surface area contributed by atoms with Crippen LogP contribution in [-0.2, 0) is 9.47 Å². The first-order valence-corrected chi connectivity index (χ1v) is 13.1. The summed E-state index contributed by atoms with van der Waals surface area (Å²) in [6.45, 7) is 11.6. The molecular formula is C26H52O6. The third-order valence-electron chi connectivity index (χ3n) is 7.01. The van der Waals surface area contributed by atoms with Gasteiger partial charge in [0, 0.05) is 0 Å². The highest BCUT2D eigenvalue weighted by molar-refractivity contribution is 4.88. The third kappa shape index (κ3) is 11.8. The molecule has 0 amide bonds. The first kappa shape index (κ1) is 29.8. The van der Waals surface area contributed by atoms with E-state index in [4.69, 9.17) is 9.47 Å². The molecule has 0 aliphatic carbocycles. The minimum Gasteiger partial charge on any atom is -0.394 e. The van der Waals surface area contributed by atoms with E-state index < -0.39 is 37.3 Å². The van der Waals surface area contributed by atoms with Crippen LogP contribution in [0.2, 0.25) is 0 Å². The molecule has 0 saturated carbocycles. The van der Waals surface area contributed by atoms with Crippen molar-refractivity contribution in [3.63, 3.8) is 0 Å². The van der Waals surface area contributed by atoms with E-state index in [9.17, 15) is 20.4 Å². The lowest BCUT2D eigenvalue weighted by Crippen LogP contribution is -2.59. The van der Waals surface area contributed by atoms with Crippen LogP contribution in [0, 0.1) is 23.7 Å². The van der Waals surface area contributed by atoms with Crippen LogP contribution in [0.1, 0.15) is 98.8 Å². The maximum Gasteiger partial charge on any atom is 0.186 e. The lowest BCUT2D eigenvalue weighted by atomic mass is 9.91. The van der Waals surface area contributed by atoms with Gasteiger partial charge in [-0.05, 0) is 30.1 Å². The van der Waals surface area contributed by atoms with Crippen molar-refractivity contribution in [1.82, 2.24) is 0 Å². The van der Waals surface area contributed by atoms with Crippen molar-refractivity contribution in [3.8, 4) is 0 Å². The maximum absolute atomic E-state index is 10.0. The van der Waals surface area contributed by atoms with Gasteiger partial charge in [-0.2, -0.15) is 0 Å². The van der Waals surface area contributed by atoms with Gasteiger partial charge in [0.25, 0.3) is 0 Å². The Bertz CT molecular complexity index is 458. The molecule has 3 unspecified atom stereocenters. The van der Waals surface area contributed by atoms with Gasteiger partial charge in [-0.25, -0.2) is 0 Å². The zero-order valence-corrected chi connectivity index (χ0v) is 21.3. The Kier molecular flexibility index (Phi) is 15.3. The molecule has 6 nitrogen and oxygen atoms in total. The molecule has 1 rings (SSSR count). The van der Waals surface area contributed by atoms with Gasteiger partial charge in [-0.15, -0.1) is 0 Å². The summed E-state index contributed by atoms with van der Waals surface area (Å²) in [5.41, 5.74) is 0. The molecule has 1 fully saturated rings. The average Bonchev–Trinajstić information content (AvgIpc) is 2.73. The number of ether oxygens (including phenoxy) is 2. The average molecular weight is 461 g/mol. The van der Waals surface area contributed by atoms with Crippen molar-refractivity contribution in [2.45, 2.75) is 130 Å². The molecule has 192 valence electrons. The third-order valence-corrected chi connectivity index (χ3v) is 7.01. The fraction of sp³-hybridized carbons (Fsp3) is 1.00. The molecule has 1 heterocycles. The van der Waals surface area contributed by atoms with E-state index >= 15 is 0 Å². The fourth-order valence-electron chi connectivity index (χ4n) is 4.53. The minimum absolute atomic E-state index is 0.411. The topological polar surface area (TPSA) is 99.4 Å². The van der Waals surface area contributed by atoms with Gasteiger partial charge < -0.3 is 29.9 Å². The summed E-state index contributed by atoms with van der Waals surface area (Å²) in [5.74, 6) is 2.96. The Balaban J connectivity index is 2.10. The molecule has 0 aromatic carbocycles. The summed E-state index contributed by atoms with van der Waals surface area (Å²) in [6, 6.07) is 0. The first-order valence-electron chi connectivity index (χ1n) is 13.1. The Hall–Kier alpha value is -0.240. The minimum atomic E-state index is -1.38. The standard InChI is InChI=1S/C26H52O6/c1-18(2)9-6-10-19(3)11-7-12-20(4)13-8-14-21(5)15-16-31-26-25(30)24(29)23(28)22(17-27)32-26/h18-30H,6-17H2,1-5H3/t19?,20?,21?,22-,23-,24+,25-,26+/m1/s1. The highest BCUT2D eigenvalue weighted by atomic mass is 16.7. The zero-order valence-electron chi connectivity index (χ0n) is 21.3. The fourth-order valence-corrected chi connectivity index (χ4v) is 4.53. The zero-order chi connectivity index (χ0) is 24.1. The molecule has 1 saturated heterocycles. The molecule has 1 aliphatic rings. The highest BCUT2D eigenvalue weighted by Crippen LogP contribution is 2.24. The monoisotopic (exact) mass is 460 g/mol. The number of hydrogen-bond donors (Lipinski definition) is 4. The summed E-state index contributed by atoms with van der Waals surface area (Å²) in [7, 11) is 0. The van der Waals surface area contributed by atoms with Crippen LogP contribution in [0.5, 0.6) is 0 Å². The smallest absolute Gasteiger partial charge is 0.186 e. The predicted octanol–water partition coefficient (Wildman–Crippen LogP) is 4.27. The lowest BCUT2D eigenvalue weighted by molar-refractivity contribution is -0.301. The summed E-state index contributed by atoms with van der Waals surface area (Å²) >= 11 is 0. The molecule has 6 heteroatoms. The first-order chi connectivity index (χ1) is 15.1. The van der Waals surface area contributed by atoms with Crippen LogP contribution in [0.15, 0.2) is 0 Å². The van der Waals surface area contributed by atoms with Crippen molar-refractivity contribution in [2.24, 2.45) is 23.7 Å². The van der Waals surface area contributed by atoms with Crippen LogP contribution in [-0.4, -0.2) is 64.3 Å². The molecule has 0 aromatic heterocycles. The quantitative estimate of drug-likeness (QED) is 0.259. The highest BCUT2D eigenvalue weighted by Gasteiger charge is 2.43. The summed E-state index contributed by atoms with van der Waals surface area (Å²) in [6.07, 6.45) is 6.60. The van der Waals surface area contributed by atoms with Crippen LogP contribution >= 0.6 is 0 Å². The van der Waals surface area contributed by atoms with Crippen LogP contribution < -0.4 is 0 Å². The van der Waals surface area contributed by atoms with Gasteiger partial charge in [-0.1, -0.05) is 92.4 Å². The van der Waals surface area contributed by atoms with E-state index in [1.54, 1.807) is 0 Å². The van der Waals surface area contributed by atoms with Gasteiger partial charge in [0.1, 0.15) is 24.4 Å². The van der Waals surface area contributed by atoms with Gasteiger partial charge in [-0.3, -0.25) is 0 Å². The molecule has 0 bridgehead atoms. The van der Waals surface area contributed by atoms with Crippen molar-refractivity contribution in [2.75, 3.05) is 13.2 Å². The van der Waals surface area contributed by atoms with E-state index in [0.717, 1.165) is 30.6 Å². The second-order valence-electron chi connectivity index (χ2n) is 10.9. The number of hydrogen-bond acceptors (Lipinski definition) is 6. The maximum atomic E-state index is 10.0. The number of rotatable bonds is 17. The predicted molar refractivity (Wildman–Crippen MR) is 128 cm³/mol. The van der Waals surface area contributed by atoms with Gasteiger partial charge in [0.05, 0.1) is 13.2 Å². The van der Waals surface area contributed by atoms with Gasteiger partial charge in [0.15, 0.2) is 6.29 Å². The van der Waals surface area contributed by atoms with Crippen LogP contribution in [0.3, 0.4) is 0 Å². The molecule has 4 N–H and O–H groups in total. The normalized spacial score (nSPS) is 29.2. The Morgan fingerprint density at radius 3 is 1.59 bits per heavy atom. The second kappa shape index (κ2) is 16.4. The van der Waals surface area contributed by atoms with Gasteiger partial charge in [0.2, 0.25) is 0 Å². The van der Waals surface area contributed by atoms with Crippen molar-refractivity contribution in [3.05, 3.63) is 0 Å². The second-order valence-corrected chi connectivity index (χ2v) is 10.9. The van der Waals surface area contributed by atoms with E-state index in [-0.39, 0.29) is 0 Å². The Labute approximate surface area is 196 Å². The molecule has 1 aliphatic heterocycles. The molecule has 0 aromatic rings. The Morgan fingerprint density at radius 2 is 1.12 bits per heavy atom.